The van der Waals surface area contributed by atoms with Gasteiger partial charge in [-0.3, -0.25) is 9.78 Å². The molecule has 1 aliphatic heterocycles. The standard InChI is InChI=1S/C32H24Cl2N4O3S/c33-20-9-14-24(25(34)18-20)27-15-16-28(41-27)31-30(26-8-4-5-17-35-26)37-32(42)38(31)22-12-10-21(11-13-22)36-29(39)19-40-23-6-2-1-3-7-23/h1-18,30-31H,19H2,(H,36,39)(H,37,42)/t30-,31-/m1/s1. The van der Waals surface area contributed by atoms with Gasteiger partial charge in [0.2, 0.25) is 0 Å². The average molecular weight is 616 g/mol. The molecule has 42 heavy (non-hydrogen) atoms. The van der Waals surface area contributed by atoms with Crippen molar-refractivity contribution in [1.29, 1.82) is 0 Å². The number of halogens is 2. The summed E-state index contributed by atoms with van der Waals surface area (Å²) in [7, 11) is 0. The highest BCUT2D eigenvalue weighted by Crippen LogP contribution is 2.43. The maximum Gasteiger partial charge on any atom is 0.262 e. The Balaban J connectivity index is 1.26. The first-order valence-corrected chi connectivity index (χ1v) is 14.3. The van der Waals surface area contributed by atoms with Gasteiger partial charge in [-0.25, -0.2) is 0 Å². The maximum atomic E-state index is 12.5. The summed E-state index contributed by atoms with van der Waals surface area (Å²) in [6.45, 7) is -0.0990. The van der Waals surface area contributed by atoms with Crippen LogP contribution in [0.5, 0.6) is 5.75 Å². The number of carbonyl (C=O) groups is 1. The Kier molecular flexibility index (Phi) is 8.10. The number of carbonyl (C=O) groups excluding carboxylic acids is 1. The van der Waals surface area contributed by atoms with Crippen molar-refractivity contribution in [1.82, 2.24) is 10.3 Å². The van der Waals surface area contributed by atoms with Gasteiger partial charge in [-0.15, -0.1) is 0 Å². The van der Waals surface area contributed by atoms with E-state index >= 15 is 0 Å². The molecule has 210 valence electrons. The van der Waals surface area contributed by atoms with Crippen molar-refractivity contribution in [2.45, 2.75) is 12.1 Å². The molecule has 1 saturated heterocycles. The third-order valence-corrected chi connectivity index (χ3v) is 7.62. The summed E-state index contributed by atoms with van der Waals surface area (Å²) >= 11 is 18.4. The molecule has 10 heteroatoms. The number of ether oxygens (including phenoxy) is 1. The zero-order valence-electron chi connectivity index (χ0n) is 22.0. The lowest BCUT2D eigenvalue weighted by Crippen LogP contribution is -2.29. The largest absolute Gasteiger partial charge is 0.484 e. The highest BCUT2D eigenvalue weighted by atomic mass is 35.5. The van der Waals surface area contributed by atoms with Gasteiger partial charge in [0.25, 0.3) is 5.91 Å². The number of nitrogens with zero attached hydrogens (tertiary/aromatic N) is 2. The number of anilines is 2. The molecule has 1 amide bonds. The van der Waals surface area contributed by atoms with Crippen molar-refractivity contribution < 1.29 is 13.9 Å². The Hall–Kier alpha value is -4.37. The number of pyridine rings is 1. The van der Waals surface area contributed by atoms with Crippen molar-refractivity contribution in [3.63, 3.8) is 0 Å². The summed E-state index contributed by atoms with van der Waals surface area (Å²) in [6, 6.07) is 30.9. The zero-order valence-corrected chi connectivity index (χ0v) is 24.4. The van der Waals surface area contributed by atoms with Crippen LogP contribution in [-0.2, 0) is 4.79 Å². The summed E-state index contributed by atoms with van der Waals surface area (Å²) < 4.78 is 11.9. The number of nitrogens with one attached hydrogen (secondary N) is 2. The van der Waals surface area contributed by atoms with Crippen LogP contribution < -0.4 is 20.3 Å². The number of aromatic nitrogens is 1. The van der Waals surface area contributed by atoms with E-state index < -0.39 is 0 Å². The van der Waals surface area contributed by atoms with Gasteiger partial charge in [0.1, 0.15) is 23.3 Å². The van der Waals surface area contributed by atoms with Crippen LogP contribution in [0.3, 0.4) is 0 Å². The number of hydrogen-bond donors (Lipinski definition) is 2. The van der Waals surface area contributed by atoms with E-state index in [0.717, 1.165) is 16.9 Å². The lowest BCUT2D eigenvalue weighted by molar-refractivity contribution is -0.118. The van der Waals surface area contributed by atoms with E-state index in [1.54, 1.807) is 30.5 Å². The van der Waals surface area contributed by atoms with E-state index in [4.69, 9.17) is 44.6 Å². The lowest BCUT2D eigenvalue weighted by Gasteiger charge is -2.26. The Morgan fingerprint density at radius 2 is 1.76 bits per heavy atom. The first-order valence-electron chi connectivity index (χ1n) is 13.1. The molecule has 7 nitrogen and oxygen atoms in total. The van der Waals surface area contributed by atoms with E-state index in [1.807, 2.05) is 83.8 Å². The van der Waals surface area contributed by atoms with Crippen LogP contribution in [0, 0.1) is 0 Å². The molecular formula is C32H24Cl2N4O3S. The fourth-order valence-electron chi connectivity index (χ4n) is 4.84. The van der Waals surface area contributed by atoms with Crippen molar-refractivity contribution in [3.05, 3.63) is 131 Å². The number of amides is 1. The number of hydrogen-bond acceptors (Lipinski definition) is 5. The van der Waals surface area contributed by atoms with Crippen LogP contribution in [-0.4, -0.2) is 22.6 Å². The normalized spacial score (nSPS) is 16.2. The van der Waals surface area contributed by atoms with Gasteiger partial charge >= 0.3 is 0 Å². The van der Waals surface area contributed by atoms with Crippen molar-refractivity contribution in [2.75, 3.05) is 16.8 Å². The third kappa shape index (κ3) is 5.97. The Labute approximate surface area is 258 Å². The second-order valence-corrected chi connectivity index (χ2v) is 10.7. The maximum absolute atomic E-state index is 12.5. The smallest absolute Gasteiger partial charge is 0.262 e. The third-order valence-electron chi connectivity index (χ3n) is 6.76. The first kappa shape index (κ1) is 27.8. The van der Waals surface area contributed by atoms with E-state index in [0.29, 0.717) is 38.1 Å². The molecule has 1 fully saturated rings. The van der Waals surface area contributed by atoms with Gasteiger partial charge < -0.3 is 24.7 Å². The SMILES string of the molecule is O=C(COc1ccccc1)Nc1ccc(N2C(=S)N[C@H](c3ccccn3)[C@H]2c2ccc(-c3ccc(Cl)cc3Cl)o2)cc1. The van der Waals surface area contributed by atoms with Crippen molar-refractivity contribution >= 4 is 57.8 Å². The van der Waals surface area contributed by atoms with Gasteiger partial charge in [-0.2, -0.15) is 0 Å². The summed E-state index contributed by atoms with van der Waals surface area (Å²) in [5.74, 6) is 1.66. The van der Waals surface area contributed by atoms with Crippen molar-refractivity contribution in [2.24, 2.45) is 0 Å². The van der Waals surface area contributed by atoms with Crippen LogP contribution in [0.2, 0.25) is 10.0 Å². The van der Waals surface area contributed by atoms with Crippen molar-refractivity contribution in [3.8, 4) is 17.1 Å². The molecule has 0 radical (unpaired) electrons. The van der Waals surface area contributed by atoms with Crippen LogP contribution >= 0.6 is 35.4 Å². The molecule has 0 bridgehead atoms. The van der Waals surface area contributed by atoms with Gasteiger partial charge in [0.05, 0.1) is 16.8 Å². The molecule has 0 aliphatic carbocycles. The molecule has 1 aliphatic rings. The molecule has 2 atom stereocenters. The molecule has 5 aromatic rings. The number of furan rings is 1. The van der Waals surface area contributed by atoms with E-state index in [2.05, 4.69) is 15.6 Å². The second kappa shape index (κ2) is 12.2. The number of rotatable bonds is 8. The molecule has 3 heterocycles. The van der Waals surface area contributed by atoms with Crippen LogP contribution in [0.4, 0.5) is 11.4 Å². The number of para-hydroxylation sites is 1. The van der Waals surface area contributed by atoms with Crippen LogP contribution in [0.1, 0.15) is 23.5 Å². The molecule has 2 aromatic heterocycles. The van der Waals surface area contributed by atoms with E-state index in [-0.39, 0.29) is 24.6 Å². The van der Waals surface area contributed by atoms with Gasteiger partial charge in [-0.05, 0) is 91.1 Å². The van der Waals surface area contributed by atoms with Gasteiger partial charge in [0.15, 0.2) is 11.7 Å². The molecule has 0 spiro atoms. The quantitative estimate of drug-likeness (QED) is 0.172. The van der Waals surface area contributed by atoms with E-state index in [1.165, 1.54) is 0 Å². The average Bonchev–Trinajstić information content (AvgIpc) is 3.62. The Morgan fingerprint density at radius 3 is 2.50 bits per heavy atom. The molecule has 2 N–H and O–H groups in total. The number of benzene rings is 3. The van der Waals surface area contributed by atoms with E-state index in [9.17, 15) is 4.79 Å². The molecular weight excluding hydrogens is 591 g/mol. The van der Waals surface area contributed by atoms with Gasteiger partial charge in [0, 0.05) is 28.2 Å². The first-order chi connectivity index (χ1) is 20.5. The fourth-order valence-corrected chi connectivity index (χ4v) is 5.68. The molecule has 6 rings (SSSR count). The van der Waals surface area contributed by atoms with Crippen LogP contribution in [0.15, 0.2) is 114 Å². The minimum atomic E-state index is -0.355. The zero-order chi connectivity index (χ0) is 29.1. The summed E-state index contributed by atoms with van der Waals surface area (Å²) in [5.41, 5.74) is 3.00. The monoisotopic (exact) mass is 614 g/mol. The summed E-state index contributed by atoms with van der Waals surface area (Å²) in [6.07, 6.45) is 1.75. The lowest BCUT2D eigenvalue weighted by atomic mass is 10.0. The highest BCUT2D eigenvalue weighted by molar-refractivity contribution is 7.80. The minimum Gasteiger partial charge on any atom is -0.484 e. The topological polar surface area (TPSA) is 79.6 Å². The molecule has 0 saturated carbocycles. The molecule has 0 unspecified atom stereocenters. The Morgan fingerprint density at radius 1 is 0.976 bits per heavy atom. The number of thiocarbonyl (C=S) groups is 1. The van der Waals surface area contributed by atoms with Crippen LogP contribution in [0.25, 0.3) is 11.3 Å². The fraction of sp³-hybridized carbons (Fsp3) is 0.0938. The van der Waals surface area contributed by atoms with Gasteiger partial charge in [-0.1, -0.05) is 47.5 Å². The minimum absolute atomic E-state index is 0.0990. The Bertz CT molecular complexity index is 1720. The predicted octanol–water partition coefficient (Wildman–Crippen LogP) is 7.84. The second-order valence-electron chi connectivity index (χ2n) is 9.52. The summed E-state index contributed by atoms with van der Waals surface area (Å²) in [5, 5.41) is 7.85. The highest BCUT2D eigenvalue weighted by Gasteiger charge is 2.42. The molecule has 3 aromatic carbocycles. The summed E-state index contributed by atoms with van der Waals surface area (Å²) in [4.78, 5) is 19.0. The predicted molar refractivity (Wildman–Crippen MR) is 169 cm³/mol.